The van der Waals surface area contributed by atoms with Crippen LogP contribution in [0.1, 0.15) is 16.7 Å². The highest BCUT2D eigenvalue weighted by Crippen LogP contribution is 2.54. The largest absolute Gasteiger partial charge is 0.376 e. The highest BCUT2D eigenvalue weighted by molar-refractivity contribution is 6.30. The molecule has 5 rings (SSSR count). The molecule has 7 heteroatoms. The van der Waals surface area contributed by atoms with E-state index < -0.39 is 11.3 Å². The first-order valence-corrected chi connectivity index (χ1v) is 10.6. The summed E-state index contributed by atoms with van der Waals surface area (Å²) in [6, 6.07) is 22.8. The minimum Gasteiger partial charge on any atom is -0.376 e. The highest BCUT2D eigenvalue weighted by Gasteiger charge is 2.72. The van der Waals surface area contributed by atoms with Crippen LogP contribution in [0, 0.1) is 18.3 Å². The van der Waals surface area contributed by atoms with E-state index in [9.17, 15) is 15.2 Å². The SMILES string of the molecule is Cc1ccc(N2C(=O)N(c3ccc(Cl)cc3)C3(COC3)C2(O)c2cccc(C#N)c2)cc1. The number of nitriles is 1. The van der Waals surface area contributed by atoms with E-state index in [0.717, 1.165) is 5.56 Å². The third-order valence-electron chi connectivity index (χ3n) is 6.24. The van der Waals surface area contributed by atoms with Gasteiger partial charge in [0.2, 0.25) is 5.72 Å². The molecule has 3 aromatic rings. The van der Waals surface area contributed by atoms with Gasteiger partial charge >= 0.3 is 6.03 Å². The molecule has 0 saturated carbocycles. The van der Waals surface area contributed by atoms with E-state index in [1.54, 1.807) is 53.4 Å². The van der Waals surface area contributed by atoms with Crippen LogP contribution in [0.3, 0.4) is 0 Å². The molecule has 2 fully saturated rings. The number of amides is 2. The molecule has 2 saturated heterocycles. The van der Waals surface area contributed by atoms with E-state index in [0.29, 0.717) is 27.5 Å². The third-order valence-corrected chi connectivity index (χ3v) is 6.49. The number of hydrogen-bond acceptors (Lipinski definition) is 4. The van der Waals surface area contributed by atoms with Crippen LogP contribution in [-0.4, -0.2) is 29.9 Å². The number of benzene rings is 3. The summed E-state index contributed by atoms with van der Waals surface area (Å²) in [7, 11) is 0. The van der Waals surface area contributed by atoms with E-state index >= 15 is 0 Å². The van der Waals surface area contributed by atoms with Gasteiger partial charge in [-0.25, -0.2) is 4.79 Å². The first kappa shape index (κ1) is 20.5. The van der Waals surface area contributed by atoms with Gasteiger partial charge in [-0.2, -0.15) is 5.26 Å². The summed E-state index contributed by atoms with van der Waals surface area (Å²) in [4.78, 5) is 17.0. The van der Waals surface area contributed by atoms with Gasteiger partial charge in [-0.3, -0.25) is 9.80 Å². The van der Waals surface area contributed by atoms with E-state index in [1.807, 2.05) is 31.2 Å². The van der Waals surface area contributed by atoms with Crippen LogP contribution < -0.4 is 9.80 Å². The standard InChI is InChI=1S/C25H20ClN3O3/c1-17-5-9-22(10-6-17)29-23(30)28(21-11-7-20(26)8-12-21)24(15-32-16-24)25(29,31)19-4-2-3-18(13-19)14-27/h2-13,31H,15-16H2,1H3. The van der Waals surface area contributed by atoms with E-state index in [1.165, 1.54) is 4.90 Å². The van der Waals surface area contributed by atoms with Crippen molar-refractivity contribution in [3.8, 4) is 6.07 Å². The number of carbonyl (C=O) groups is 1. The maximum atomic E-state index is 14.0. The highest BCUT2D eigenvalue weighted by atomic mass is 35.5. The monoisotopic (exact) mass is 445 g/mol. The van der Waals surface area contributed by atoms with Gasteiger partial charge in [0.1, 0.15) is 5.54 Å². The van der Waals surface area contributed by atoms with Crippen molar-refractivity contribution in [2.24, 2.45) is 0 Å². The number of carbonyl (C=O) groups excluding carboxylic acids is 1. The lowest BCUT2D eigenvalue weighted by molar-refractivity contribution is -0.153. The first-order valence-electron chi connectivity index (χ1n) is 10.2. The summed E-state index contributed by atoms with van der Waals surface area (Å²) >= 11 is 6.08. The Morgan fingerprint density at radius 3 is 2.22 bits per heavy atom. The molecule has 3 aromatic carbocycles. The number of aryl methyl sites for hydroxylation is 1. The van der Waals surface area contributed by atoms with Gasteiger partial charge in [0.05, 0.1) is 24.8 Å². The van der Waals surface area contributed by atoms with Crippen LogP contribution in [0.4, 0.5) is 16.2 Å². The minimum absolute atomic E-state index is 0.136. The predicted molar refractivity (Wildman–Crippen MR) is 122 cm³/mol. The Balaban J connectivity index is 1.77. The zero-order chi connectivity index (χ0) is 22.5. The predicted octanol–water partition coefficient (Wildman–Crippen LogP) is 4.58. The van der Waals surface area contributed by atoms with Crippen LogP contribution >= 0.6 is 11.6 Å². The molecule has 0 radical (unpaired) electrons. The normalized spacial score (nSPS) is 21.5. The van der Waals surface area contributed by atoms with Gasteiger partial charge in [0.25, 0.3) is 0 Å². The van der Waals surface area contributed by atoms with Crippen LogP contribution in [0.2, 0.25) is 5.02 Å². The Labute approximate surface area is 190 Å². The van der Waals surface area contributed by atoms with E-state index in [2.05, 4.69) is 6.07 Å². The second-order valence-electron chi connectivity index (χ2n) is 8.15. The molecule has 0 aliphatic carbocycles. The number of anilines is 2. The summed E-state index contributed by atoms with van der Waals surface area (Å²) in [5, 5.41) is 22.4. The Morgan fingerprint density at radius 2 is 1.62 bits per heavy atom. The minimum atomic E-state index is -1.77. The molecule has 2 aliphatic rings. The fourth-order valence-corrected chi connectivity index (χ4v) is 4.68. The molecule has 1 N–H and O–H groups in total. The number of ether oxygens (including phenoxy) is 1. The van der Waals surface area contributed by atoms with Crippen molar-refractivity contribution in [3.05, 3.63) is 94.5 Å². The lowest BCUT2D eigenvalue weighted by Gasteiger charge is -2.51. The summed E-state index contributed by atoms with van der Waals surface area (Å²) in [5.41, 5.74) is 0.172. The van der Waals surface area contributed by atoms with Gasteiger partial charge in [-0.05, 0) is 55.5 Å². The number of nitrogens with zero attached hydrogens (tertiary/aromatic N) is 3. The Bertz CT molecular complexity index is 1230. The fourth-order valence-electron chi connectivity index (χ4n) is 4.55. The number of halogens is 1. The molecule has 2 amide bonds. The third kappa shape index (κ3) is 2.76. The zero-order valence-electron chi connectivity index (χ0n) is 17.3. The number of urea groups is 1. The van der Waals surface area contributed by atoms with E-state index in [4.69, 9.17) is 16.3 Å². The van der Waals surface area contributed by atoms with Crippen LogP contribution in [0.5, 0.6) is 0 Å². The van der Waals surface area contributed by atoms with Gasteiger partial charge in [-0.1, -0.05) is 41.4 Å². The maximum absolute atomic E-state index is 14.0. The van der Waals surface area contributed by atoms with Crippen LogP contribution in [0.15, 0.2) is 72.8 Å². The molecule has 1 spiro atoms. The molecular weight excluding hydrogens is 426 g/mol. The van der Waals surface area contributed by atoms with Crippen molar-refractivity contribution in [1.29, 1.82) is 5.26 Å². The van der Waals surface area contributed by atoms with Gasteiger partial charge in [0, 0.05) is 22.0 Å². The summed E-state index contributed by atoms with van der Waals surface area (Å²) in [5.74, 6) is 0. The number of rotatable bonds is 3. The van der Waals surface area contributed by atoms with Crippen molar-refractivity contribution in [2.45, 2.75) is 18.2 Å². The lowest BCUT2D eigenvalue weighted by Crippen LogP contribution is -2.70. The Hall–Kier alpha value is -3.37. The Kier molecular flexibility index (Phi) is 4.72. The molecule has 0 bridgehead atoms. The van der Waals surface area contributed by atoms with Crippen molar-refractivity contribution in [1.82, 2.24) is 0 Å². The van der Waals surface area contributed by atoms with Crippen molar-refractivity contribution in [2.75, 3.05) is 23.0 Å². The van der Waals surface area contributed by atoms with Gasteiger partial charge in [-0.15, -0.1) is 0 Å². The molecule has 2 heterocycles. The van der Waals surface area contributed by atoms with Crippen molar-refractivity contribution in [3.63, 3.8) is 0 Å². The van der Waals surface area contributed by atoms with Gasteiger partial charge in [0.15, 0.2) is 0 Å². The maximum Gasteiger partial charge on any atom is 0.332 e. The molecule has 1 unspecified atom stereocenters. The van der Waals surface area contributed by atoms with Crippen molar-refractivity contribution >= 4 is 29.0 Å². The molecule has 32 heavy (non-hydrogen) atoms. The van der Waals surface area contributed by atoms with Crippen LogP contribution in [-0.2, 0) is 10.5 Å². The number of aliphatic hydroxyl groups is 1. The summed E-state index contributed by atoms with van der Waals surface area (Å²) in [6.45, 7) is 2.23. The number of hydrogen-bond donors (Lipinski definition) is 1. The molecule has 0 aromatic heterocycles. The van der Waals surface area contributed by atoms with Gasteiger partial charge < -0.3 is 9.84 Å². The quantitative estimate of drug-likeness (QED) is 0.640. The second-order valence-corrected chi connectivity index (χ2v) is 8.59. The molecule has 1 atom stereocenters. The topological polar surface area (TPSA) is 76.8 Å². The molecule has 2 aliphatic heterocycles. The average molecular weight is 446 g/mol. The fraction of sp³-hybridized carbons (Fsp3) is 0.200. The zero-order valence-corrected chi connectivity index (χ0v) is 18.1. The lowest BCUT2D eigenvalue weighted by atomic mass is 9.78. The molecule has 6 nitrogen and oxygen atoms in total. The molecular formula is C25H20ClN3O3. The molecule has 160 valence electrons. The summed E-state index contributed by atoms with van der Waals surface area (Å²) in [6.07, 6.45) is 0. The van der Waals surface area contributed by atoms with Crippen molar-refractivity contribution < 1.29 is 14.6 Å². The van der Waals surface area contributed by atoms with E-state index in [-0.39, 0.29) is 19.2 Å². The first-order chi connectivity index (χ1) is 15.4. The summed E-state index contributed by atoms with van der Waals surface area (Å²) < 4.78 is 5.59. The smallest absolute Gasteiger partial charge is 0.332 e. The Morgan fingerprint density at radius 1 is 1.00 bits per heavy atom. The average Bonchev–Trinajstić information content (AvgIpc) is 3.00. The second kappa shape index (κ2) is 7.35. The van der Waals surface area contributed by atoms with Crippen LogP contribution in [0.25, 0.3) is 0 Å².